The molecule has 0 amide bonds. The zero-order valence-corrected chi connectivity index (χ0v) is 27.1. The number of benzene rings is 3. The van der Waals surface area contributed by atoms with E-state index >= 15 is 0 Å². The molecule has 2 heterocycles. The van der Waals surface area contributed by atoms with E-state index in [9.17, 15) is 4.79 Å². The molecular weight excluding hydrogens is 596 g/mol. The van der Waals surface area contributed by atoms with Gasteiger partial charge < -0.3 is 19.3 Å². The maximum Gasteiger partial charge on any atom is 0.341 e. The van der Waals surface area contributed by atoms with Crippen molar-refractivity contribution in [3.05, 3.63) is 101 Å². The maximum absolute atomic E-state index is 10.9. The second-order valence-corrected chi connectivity index (χ2v) is 12.2. The molecule has 3 aromatic rings. The van der Waals surface area contributed by atoms with Gasteiger partial charge in [-0.3, -0.25) is 9.80 Å². The lowest BCUT2D eigenvalue weighted by Crippen LogP contribution is -2.36. The highest BCUT2D eigenvalue weighted by Crippen LogP contribution is 2.29. The second kappa shape index (κ2) is 17.6. The van der Waals surface area contributed by atoms with Crippen LogP contribution in [0.25, 0.3) is 5.57 Å². The van der Waals surface area contributed by atoms with Crippen molar-refractivity contribution in [3.63, 3.8) is 0 Å². The lowest BCUT2D eigenvalue weighted by atomic mass is 9.96. The van der Waals surface area contributed by atoms with Gasteiger partial charge in [0.15, 0.2) is 6.61 Å². The van der Waals surface area contributed by atoms with E-state index in [-0.39, 0.29) is 6.61 Å². The fourth-order valence-corrected chi connectivity index (χ4v) is 6.00. The lowest BCUT2D eigenvalue weighted by molar-refractivity contribution is -0.139. The summed E-state index contributed by atoms with van der Waals surface area (Å²) in [5, 5.41) is 8.92. The van der Waals surface area contributed by atoms with Gasteiger partial charge in [0.05, 0.1) is 39.5 Å². The van der Waals surface area contributed by atoms with Gasteiger partial charge in [-0.15, -0.1) is 11.8 Å². The number of hydrogen-bond acceptors (Lipinski definition) is 7. The van der Waals surface area contributed by atoms with Crippen LogP contribution in [0.1, 0.15) is 27.8 Å². The molecule has 0 aromatic heterocycles. The molecule has 2 aliphatic rings. The SMILES string of the molecule is Cc1cc(SCC=C(c2ccc(C#CCN3CCOCC3)cc2)c2ccc(C#CCN3CCOCC3)cc2)ccc1OCC(=O)O. The molecule has 2 fully saturated rings. The number of rotatable bonds is 10. The predicted octanol–water partition coefficient (Wildman–Crippen LogP) is 5.05. The van der Waals surface area contributed by atoms with Crippen LogP contribution in [0.5, 0.6) is 5.75 Å². The van der Waals surface area contributed by atoms with Gasteiger partial charge in [0.1, 0.15) is 5.75 Å². The van der Waals surface area contributed by atoms with Crippen molar-refractivity contribution in [2.75, 3.05) is 78.1 Å². The number of nitrogens with zero attached hydrogens (tertiary/aromatic N) is 2. The fourth-order valence-electron chi connectivity index (χ4n) is 5.13. The van der Waals surface area contributed by atoms with E-state index in [1.807, 2.05) is 25.1 Å². The van der Waals surface area contributed by atoms with Crippen LogP contribution in [0.2, 0.25) is 0 Å². The Morgan fingerprint density at radius 1 is 0.826 bits per heavy atom. The van der Waals surface area contributed by atoms with Gasteiger partial charge in [0.2, 0.25) is 0 Å². The predicted molar refractivity (Wildman–Crippen MR) is 183 cm³/mol. The molecule has 46 heavy (non-hydrogen) atoms. The normalized spacial score (nSPS) is 15.2. The summed E-state index contributed by atoms with van der Waals surface area (Å²) >= 11 is 1.72. The Kier molecular flexibility index (Phi) is 12.8. The van der Waals surface area contributed by atoms with E-state index in [0.29, 0.717) is 5.75 Å². The minimum absolute atomic E-state index is 0.351. The average molecular weight is 637 g/mol. The van der Waals surface area contributed by atoms with Crippen molar-refractivity contribution in [3.8, 4) is 29.4 Å². The Bertz CT molecular complexity index is 1520. The number of carboxylic acid groups (broad SMARTS) is 1. The molecule has 0 aliphatic carbocycles. The lowest BCUT2D eigenvalue weighted by Gasteiger charge is -2.24. The summed E-state index contributed by atoms with van der Waals surface area (Å²) in [6, 6.07) is 22.8. The fraction of sp³-hybridized carbons (Fsp3) is 0.342. The number of carbonyl (C=O) groups is 1. The van der Waals surface area contributed by atoms with Crippen molar-refractivity contribution in [2.24, 2.45) is 0 Å². The molecule has 0 saturated carbocycles. The first-order chi connectivity index (χ1) is 22.5. The Morgan fingerprint density at radius 2 is 1.35 bits per heavy atom. The third kappa shape index (κ3) is 10.5. The Hall–Kier alpha value is -4.02. The zero-order valence-electron chi connectivity index (χ0n) is 26.3. The molecule has 0 atom stereocenters. The molecular formula is C38H40N2O5S. The molecule has 0 bridgehead atoms. The number of morpholine rings is 2. The topological polar surface area (TPSA) is 71.5 Å². The molecule has 0 unspecified atom stereocenters. The first kappa shape index (κ1) is 33.3. The summed E-state index contributed by atoms with van der Waals surface area (Å²) in [5.74, 6) is 13.6. The van der Waals surface area contributed by atoms with Crippen LogP contribution in [0.3, 0.4) is 0 Å². The summed E-state index contributed by atoms with van der Waals surface area (Å²) in [4.78, 5) is 16.6. The van der Waals surface area contributed by atoms with Crippen LogP contribution in [0.4, 0.5) is 0 Å². The van der Waals surface area contributed by atoms with Crippen LogP contribution in [0, 0.1) is 30.6 Å². The van der Waals surface area contributed by atoms with E-state index in [2.05, 4.69) is 88.1 Å². The van der Waals surface area contributed by atoms with E-state index < -0.39 is 5.97 Å². The van der Waals surface area contributed by atoms with Crippen molar-refractivity contribution in [2.45, 2.75) is 11.8 Å². The number of hydrogen-bond donors (Lipinski definition) is 1. The van der Waals surface area contributed by atoms with E-state index in [4.69, 9.17) is 19.3 Å². The first-order valence-corrected chi connectivity index (χ1v) is 16.6. The van der Waals surface area contributed by atoms with Crippen LogP contribution in [0.15, 0.2) is 77.7 Å². The minimum atomic E-state index is -0.989. The number of carboxylic acids is 1. The minimum Gasteiger partial charge on any atom is -0.482 e. The van der Waals surface area contributed by atoms with Gasteiger partial charge in [-0.2, -0.15) is 0 Å². The second-order valence-electron chi connectivity index (χ2n) is 11.1. The molecule has 7 nitrogen and oxygen atoms in total. The van der Waals surface area contributed by atoms with E-state index in [0.717, 1.165) is 110 Å². The molecule has 5 rings (SSSR count). The molecule has 1 N–H and O–H groups in total. The highest BCUT2D eigenvalue weighted by Gasteiger charge is 2.10. The van der Waals surface area contributed by atoms with Gasteiger partial charge in [-0.1, -0.05) is 54.0 Å². The zero-order chi connectivity index (χ0) is 32.0. The standard InChI is InChI=1S/C38H40N2O5S/c1-30-28-35(14-15-37(30)45-29-38(41)42)46-27-16-36(33-10-6-31(7-11-33)4-2-17-39-19-23-43-24-20-39)34-12-8-32(9-13-34)5-3-18-40-21-25-44-26-22-40/h6-16,28H,17-27,29H2,1H3,(H,41,42). The Morgan fingerprint density at radius 3 is 1.83 bits per heavy atom. The van der Waals surface area contributed by atoms with Gasteiger partial charge in [0, 0.05) is 48.0 Å². The van der Waals surface area contributed by atoms with Crippen LogP contribution < -0.4 is 4.74 Å². The molecule has 3 aromatic carbocycles. The van der Waals surface area contributed by atoms with Crippen molar-refractivity contribution in [1.29, 1.82) is 0 Å². The van der Waals surface area contributed by atoms with E-state index in [1.54, 1.807) is 11.8 Å². The Balaban J connectivity index is 1.29. The number of aliphatic carboxylic acids is 1. The van der Waals surface area contributed by atoms with Crippen LogP contribution >= 0.6 is 11.8 Å². The molecule has 8 heteroatoms. The van der Waals surface area contributed by atoms with Crippen molar-refractivity contribution < 1.29 is 24.1 Å². The quantitative estimate of drug-likeness (QED) is 0.245. The van der Waals surface area contributed by atoms with Crippen LogP contribution in [-0.4, -0.2) is 98.9 Å². The molecule has 2 saturated heterocycles. The first-order valence-electron chi connectivity index (χ1n) is 15.6. The van der Waals surface area contributed by atoms with Gasteiger partial charge in [-0.05, 0) is 71.7 Å². The molecule has 0 radical (unpaired) electrons. The van der Waals surface area contributed by atoms with Crippen molar-refractivity contribution in [1.82, 2.24) is 9.80 Å². The molecule has 0 spiro atoms. The summed E-state index contributed by atoms with van der Waals surface area (Å²) in [5.41, 5.74) is 6.30. The highest BCUT2D eigenvalue weighted by atomic mass is 32.2. The number of thioether (sulfide) groups is 1. The molecule has 2 aliphatic heterocycles. The summed E-state index contributed by atoms with van der Waals surface area (Å²) in [7, 11) is 0. The van der Waals surface area contributed by atoms with Gasteiger partial charge in [0.25, 0.3) is 0 Å². The summed E-state index contributed by atoms with van der Waals surface area (Å²) in [6.45, 7) is 9.91. The summed E-state index contributed by atoms with van der Waals surface area (Å²) < 4.78 is 16.2. The van der Waals surface area contributed by atoms with Gasteiger partial charge >= 0.3 is 5.97 Å². The highest BCUT2D eigenvalue weighted by molar-refractivity contribution is 7.99. The largest absolute Gasteiger partial charge is 0.482 e. The number of aryl methyl sites for hydroxylation is 1. The van der Waals surface area contributed by atoms with Crippen LogP contribution in [-0.2, 0) is 14.3 Å². The van der Waals surface area contributed by atoms with E-state index in [1.165, 1.54) is 0 Å². The maximum atomic E-state index is 10.9. The molecule has 238 valence electrons. The third-order valence-electron chi connectivity index (χ3n) is 7.70. The Labute approximate surface area is 276 Å². The summed E-state index contributed by atoms with van der Waals surface area (Å²) in [6.07, 6.45) is 2.26. The smallest absolute Gasteiger partial charge is 0.341 e. The number of ether oxygens (including phenoxy) is 3. The van der Waals surface area contributed by atoms with Gasteiger partial charge in [-0.25, -0.2) is 4.79 Å². The average Bonchev–Trinajstić information content (AvgIpc) is 3.08. The van der Waals surface area contributed by atoms with Crippen molar-refractivity contribution >= 4 is 23.3 Å². The monoisotopic (exact) mass is 636 g/mol. The third-order valence-corrected chi connectivity index (χ3v) is 8.63.